The number of rotatable bonds is 2. The van der Waals surface area contributed by atoms with Crippen LogP contribution in [0.25, 0.3) is 0 Å². The Morgan fingerprint density at radius 1 is 1.75 bits per heavy atom. The fraction of sp³-hybridized carbons (Fsp3) is 0.500. The van der Waals surface area contributed by atoms with Gasteiger partial charge < -0.3 is 10.6 Å². The Hall–Kier alpha value is -1.01. The minimum Gasteiger partial charge on any atom is -0.315 e. The topological polar surface area (TPSA) is 66.9 Å². The van der Waals surface area contributed by atoms with Crippen LogP contribution < -0.4 is 10.6 Å². The summed E-state index contributed by atoms with van der Waals surface area (Å²) in [4.78, 5) is 11.3. The predicted octanol–water partition coefficient (Wildman–Crippen LogP) is -0.304. The van der Waals surface area contributed by atoms with Gasteiger partial charge in [-0.2, -0.15) is 0 Å². The van der Waals surface area contributed by atoms with E-state index in [4.69, 9.17) is 0 Å². The summed E-state index contributed by atoms with van der Waals surface area (Å²) in [5, 5.41) is 11.1. The Morgan fingerprint density at radius 2 is 2.58 bits per heavy atom. The summed E-state index contributed by atoms with van der Waals surface area (Å²) in [6.07, 6.45) is 0. The van der Waals surface area contributed by atoms with Gasteiger partial charge in [-0.05, 0) is 11.5 Å². The van der Waals surface area contributed by atoms with Gasteiger partial charge in [-0.3, -0.25) is 4.79 Å². The molecule has 12 heavy (non-hydrogen) atoms. The molecule has 0 aromatic carbocycles. The number of hydrogen-bond acceptors (Lipinski definition) is 5. The molecule has 2 N–H and O–H groups in total. The van der Waals surface area contributed by atoms with E-state index in [1.54, 1.807) is 5.38 Å². The minimum absolute atomic E-state index is 0.0291. The third kappa shape index (κ3) is 1.44. The van der Waals surface area contributed by atoms with Gasteiger partial charge in [0.1, 0.15) is 0 Å². The minimum atomic E-state index is 0.0291. The molecule has 1 aromatic heterocycles. The SMILES string of the molecule is O=C(Nc1csnn1)C1CNC1. The molecular formula is C6H8N4OS. The molecule has 0 bridgehead atoms. The zero-order valence-corrected chi connectivity index (χ0v) is 7.10. The van der Waals surface area contributed by atoms with Crippen molar-refractivity contribution in [1.29, 1.82) is 0 Å². The highest BCUT2D eigenvalue weighted by molar-refractivity contribution is 7.03. The Morgan fingerprint density at radius 3 is 3.08 bits per heavy atom. The number of nitrogens with one attached hydrogen (secondary N) is 2. The van der Waals surface area contributed by atoms with Crippen molar-refractivity contribution in [2.45, 2.75) is 0 Å². The fourth-order valence-electron chi connectivity index (χ4n) is 0.921. The average molecular weight is 184 g/mol. The third-order valence-electron chi connectivity index (χ3n) is 1.76. The summed E-state index contributed by atoms with van der Waals surface area (Å²) in [6.45, 7) is 1.53. The first-order valence-corrected chi connectivity index (χ1v) is 4.48. The maximum Gasteiger partial charge on any atom is 0.231 e. The molecule has 0 saturated carbocycles. The molecule has 0 radical (unpaired) electrons. The molecular weight excluding hydrogens is 176 g/mol. The zero-order chi connectivity index (χ0) is 8.39. The molecule has 1 fully saturated rings. The maximum atomic E-state index is 11.3. The van der Waals surface area contributed by atoms with E-state index in [-0.39, 0.29) is 11.8 Å². The van der Waals surface area contributed by atoms with Crippen molar-refractivity contribution >= 4 is 23.3 Å². The first-order valence-electron chi connectivity index (χ1n) is 3.65. The smallest absolute Gasteiger partial charge is 0.231 e. The molecule has 1 amide bonds. The van der Waals surface area contributed by atoms with Crippen LogP contribution in [0.15, 0.2) is 5.38 Å². The lowest BCUT2D eigenvalue weighted by Gasteiger charge is -2.25. The maximum absolute atomic E-state index is 11.3. The summed E-state index contributed by atoms with van der Waals surface area (Å²) in [5.74, 6) is 0.685. The highest BCUT2D eigenvalue weighted by atomic mass is 32.1. The van der Waals surface area contributed by atoms with Gasteiger partial charge in [0.15, 0.2) is 5.82 Å². The number of nitrogens with zero attached hydrogens (tertiary/aromatic N) is 2. The number of amides is 1. The van der Waals surface area contributed by atoms with Gasteiger partial charge in [-0.1, -0.05) is 4.49 Å². The van der Waals surface area contributed by atoms with Gasteiger partial charge in [0.25, 0.3) is 0 Å². The molecule has 1 saturated heterocycles. The summed E-state index contributed by atoms with van der Waals surface area (Å²) in [5.41, 5.74) is 0. The molecule has 0 atom stereocenters. The molecule has 0 aliphatic carbocycles. The van der Waals surface area contributed by atoms with Gasteiger partial charge in [0.05, 0.1) is 11.3 Å². The van der Waals surface area contributed by atoms with E-state index in [9.17, 15) is 4.79 Å². The van der Waals surface area contributed by atoms with Crippen LogP contribution in [0.1, 0.15) is 0 Å². The normalized spacial score (nSPS) is 17.0. The Bertz CT molecular complexity index is 269. The molecule has 1 aliphatic rings. The second-order valence-corrected chi connectivity index (χ2v) is 3.24. The molecule has 0 unspecified atom stereocenters. The van der Waals surface area contributed by atoms with Crippen molar-refractivity contribution in [3.63, 3.8) is 0 Å². The number of aromatic nitrogens is 2. The molecule has 2 heterocycles. The summed E-state index contributed by atoms with van der Waals surface area (Å²) < 4.78 is 3.64. The lowest BCUT2D eigenvalue weighted by atomic mass is 10.0. The zero-order valence-electron chi connectivity index (χ0n) is 6.28. The highest BCUT2D eigenvalue weighted by Gasteiger charge is 2.24. The van der Waals surface area contributed by atoms with Crippen LogP contribution in [0.2, 0.25) is 0 Å². The van der Waals surface area contributed by atoms with Crippen molar-refractivity contribution in [2.24, 2.45) is 5.92 Å². The van der Waals surface area contributed by atoms with Crippen molar-refractivity contribution in [3.05, 3.63) is 5.38 Å². The quantitative estimate of drug-likeness (QED) is 0.662. The van der Waals surface area contributed by atoms with Gasteiger partial charge in [-0.15, -0.1) is 5.10 Å². The van der Waals surface area contributed by atoms with Gasteiger partial charge in [0.2, 0.25) is 5.91 Å². The van der Waals surface area contributed by atoms with Crippen LogP contribution in [0.4, 0.5) is 5.82 Å². The van der Waals surface area contributed by atoms with Crippen LogP contribution in [-0.2, 0) is 4.79 Å². The van der Waals surface area contributed by atoms with E-state index >= 15 is 0 Å². The summed E-state index contributed by atoms with van der Waals surface area (Å²) >= 11 is 1.23. The monoisotopic (exact) mass is 184 g/mol. The number of carbonyl (C=O) groups excluding carboxylic acids is 1. The van der Waals surface area contributed by atoms with Crippen molar-refractivity contribution in [1.82, 2.24) is 14.9 Å². The lowest BCUT2D eigenvalue weighted by Crippen LogP contribution is -2.48. The molecule has 6 heteroatoms. The van der Waals surface area contributed by atoms with E-state index in [1.807, 2.05) is 0 Å². The summed E-state index contributed by atoms with van der Waals surface area (Å²) in [6, 6.07) is 0. The molecule has 1 aliphatic heterocycles. The van der Waals surface area contributed by atoms with Gasteiger partial charge in [0, 0.05) is 13.1 Å². The van der Waals surface area contributed by atoms with E-state index < -0.39 is 0 Å². The fourth-order valence-corrected chi connectivity index (χ4v) is 1.31. The number of hydrogen-bond donors (Lipinski definition) is 2. The second-order valence-electron chi connectivity index (χ2n) is 2.63. The molecule has 0 spiro atoms. The molecule has 5 nitrogen and oxygen atoms in total. The van der Waals surface area contributed by atoms with E-state index in [2.05, 4.69) is 20.2 Å². The third-order valence-corrected chi connectivity index (χ3v) is 2.27. The van der Waals surface area contributed by atoms with E-state index in [0.29, 0.717) is 5.82 Å². The second kappa shape index (κ2) is 3.16. The van der Waals surface area contributed by atoms with Crippen LogP contribution in [-0.4, -0.2) is 28.6 Å². The van der Waals surface area contributed by atoms with Crippen molar-refractivity contribution < 1.29 is 4.79 Å². The Labute approximate surface area is 73.3 Å². The number of carbonyl (C=O) groups is 1. The first kappa shape index (κ1) is 7.63. The largest absolute Gasteiger partial charge is 0.315 e. The van der Waals surface area contributed by atoms with Crippen LogP contribution in [0.3, 0.4) is 0 Å². The van der Waals surface area contributed by atoms with Crippen LogP contribution >= 0.6 is 11.5 Å². The number of anilines is 1. The van der Waals surface area contributed by atoms with Crippen LogP contribution in [0, 0.1) is 5.92 Å². The van der Waals surface area contributed by atoms with Crippen molar-refractivity contribution in [3.8, 4) is 0 Å². The van der Waals surface area contributed by atoms with Crippen molar-refractivity contribution in [2.75, 3.05) is 18.4 Å². The van der Waals surface area contributed by atoms with Gasteiger partial charge in [-0.25, -0.2) is 0 Å². The van der Waals surface area contributed by atoms with Gasteiger partial charge >= 0.3 is 0 Å². The first-order chi connectivity index (χ1) is 5.86. The van der Waals surface area contributed by atoms with Crippen LogP contribution in [0.5, 0.6) is 0 Å². The van der Waals surface area contributed by atoms with E-state index in [0.717, 1.165) is 13.1 Å². The van der Waals surface area contributed by atoms with E-state index in [1.165, 1.54) is 11.5 Å². The standard InChI is InChI=1S/C6H8N4OS/c11-6(4-1-7-2-4)8-5-3-12-10-9-5/h3-4,7H,1-2H2,(H,8,11). The predicted molar refractivity (Wildman–Crippen MR) is 44.9 cm³/mol. The molecule has 64 valence electrons. The average Bonchev–Trinajstić information content (AvgIpc) is 2.34. The lowest BCUT2D eigenvalue weighted by molar-refractivity contribution is -0.121. The molecule has 1 aromatic rings. The highest BCUT2D eigenvalue weighted by Crippen LogP contribution is 2.08. The Balaban J connectivity index is 1.90. The summed E-state index contributed by atoms with van der Waals surface area (Å²) in [7, 11) is 0. The Kier molecular flexibility index (Phi) is 2.01. The molecule has 2 rings (SSSR count).